The van der Waals surface area contributed by atoms with Crippen LogP contribution in [0.25, 0.3) is 0 Å². The summed E-state index contributed by atoms with van der Waals surface area (Å²) >= 11 is 0. The molecule has 0 aliphatic carbocycles. The lowest BCUT2D eigenvalue weighted by Crippen LogP contribution is -2.34. The molecular formula is C21H26N2O4. The Labute approximate surface area is 160 Å². The molecule has 0 radical (unpaired) electrons. The van der Waals surface area contributed by atoms with Crippen molar-refractivity contribution in [2.75, 3.05) is 33.2 Å². The minimum absolute atomic E-state index is 0.0910. The topological polar surface area (TPSA) is 60.0 Å². The van der Waals surface area contributed by atoms with Crippen LogP contribution in [0, 0.1) is 6.92 Å². The van der Waals surface area contributed by atoms with Crippen molar-refractivity contribution in [2.24, 2.45) is 0 Å². The summed E-state index contributed by atoms with van der Waals surface area (Å²) in [6.45, 7) is 2.82. The van der Waals surface area contributed by atoms with Gasteiger partial charge in [-0.3, -0.25) is 0 Å². The van der Waals surface area contributed by atoms with Gasteiger partial charge in [0, 0.05) is 18.7 Å². The number of carbonyl (C=O) groups excluding carboxylic acids is 1. The molecule has 6 heteroatoms. The van der Waals surface area contributed by atoms with Gasteiger partial charge in [0.15, 0.2) is 11.5 Å². The Kier molecular flexibility index (Phi) is 5.74. The molecule has 0 unspecified atom stereocenters. The quantitative estimate of drug-likeness (QED) is 0.848. The number of rotatable bonds is 5. The van der Waals surface area contributed by atoms with Gasteiger partial charge in [-0.2, -0.15) is 0 Å². The second-order valence-electron chi connectivity index (χ2n) is 6.55. The van der Waals surface area contributed by atoms with E-state index in [1.165, 1.54) is 11.1 Å². The average molecular weight is 370 g/mol. The van der Waals surface area contributed by atoms with Gasteiger partial charge in [-0.1, -0.05) is 24.3 Å². The number of amides is 2. The molecule has 1 heterocycles. The molecule has 2 amide bonds. The zero-order chi connectivity index (χ0) is 19.4. The third-order valence-corrected chi connectivity index (χ3v) is 4.98. The molecule has 0 saturated carbocycles. The van der Waals surface area contributed by atoms with Crippen molar-refractivity contribution in [3.05, 3.63) is 47.5 Å². The monoisotopic (exact) mass is 370 g/mol. The Morgan fingerprint density at radius 1 is 1.07 bits per heavy atom. The number of hydrogen-bond acceptors (Lipinski definition) is 4. The van der Waals surface area contributed by atoms with Gasteiger partial charge in [-0.05, 0) is 30.9 Å². The maximum absolute atomic E-state index is 13.0. The number of hydrogen-bond donors (Lipinski definition) is 1. The summed E-state index contributed by atoms with van der Waals surface area (Å²) in [5.41, 5.74) is 3.01. The zero-order valence-electron chi connectivity index (χ0n) is 16.2. The standard InChI is InChI=1S/C21H26N2O4/c1-14-8-5-6-9-16(14)17-10-7-11-23(17)21(24)22-15-12-18(25-2)20(27-4)19(13-15)26-3/h5-6,8-9,12-13,17H,7,10-11H2,1-4H3,(H,22,24)/t17-/m0/s1. The van der Waals surface area contributed by atoms with Gasteiger partial charge in [0.1, 0.15) is 0 Å². The number of urea groups is 1. The Morgan fingerprint density at radius 3 is 2.33 bits per heavy atom. The molecule has 0 spiro atoms. The first-order chi connectivity index (χ1) is 13.1. The molecule has 3 rings (SSSR count). The zero-order valence-corrected chi connectivity index (χ0v) is 16.2. The van der Waals surface area contributed by atoms with Gasteiger partial charge in [0.25, 0.3) is 0 Å². The summed E-state index contributed by atoms with van der Waals surface area (Å²) in [7, 11) is 4.66. The smallest absolute Gasteiger partial charge is 0.322 e. The van der Waals surface area contributed by atoms with Crippen LogP contribution in [0.15, 0.2) is 36.4 Å². The van der Waals surface area contributed by atoms with E-state index in [2.05, 4.69) is 24.4 Å². The number of methoxy groups -OCH3 is 3. The van der Waals surface area contributed by atoms with E-state index in [1.54, 1.807) is 33.5 Å². The Hall–Kier alpha value is -2.89. The predicted molar refractivity (Wildman–Crippen MR) is 105 cm³/mol. The fourth-order valence-corrected chi connectivity index (χ4v) is 3.64. The minimum atomic E-state index is -0.130. The van der Waals surface area contributed by atoms with Crippen molar-refractivity contribution >= 4 is 11.7 Å². The first-order valence-corrected chi connectivity index (χ1v) is 9.02. The number of carbonyl (C=O) groups is 1. The fourth-order valence-electron chi connectivity index (χ4n) is 3.64. The summed E-state index contributed by atoms with van der Waals surface area (Å²) in [6.07, 6.45) is 1.95. The van der Waals surface area contributed by atoms with Crippen molar-refractivity contribution < 1.29 is 19.0 Å². The van der Waals surface area contributed by atoms with Crippen LogP contribution in [0.5, 0.6) is 17.2 Å². The SMILES string of the molecule is COc1cc(NC(=O)N2CCC[C@H]2c2ccccc2C)cc(OC)c1OC. The first kappa shape index (κ1) is 18.9. The summed E-state index contributed by atoms with van der Waals surface area (Å²) in [5.74, 6) is 1.50. The lowest BCUT2D eigenvalue weighted by molar-refractivity contribution is 0.207. The summed E-state index contributed by atoms with van der Waals surface area (Å²) in [6, 6.07) is 11.7. The van der Waals surface area contributed by atoms with Crippen LogP contribution in [-0.2, 0) is 0 Å². The third-order valence-electron chi connectivity index (χ3n) is 4.98. The summed E-state index contributed by atoms with van der Waals surface area (Å²) < 4.78 is 16.1. The lowest BCUT2D eigenvalue weighted by Gasteiger charge is -2.26. The normalized spacial score (nSPS) is 16.1. The highest BCUT2D eigenvalue weighted by molar-refractivity contribution is 5.90. The van der Waals surface area contributed by atoms with Crippen LogP contribution in [0.1, 0.15) is 30.0 Å². The van der Waals surface area contributed by atoms with Crippen molar-refractivity contribution in [2.45, 2.75) is 25.8 Å². The van der Waals surface area contributed by atoms with E-state index < -0.39 is 0 Å². The number of ether oxygens (including phenoxy) is 3. The molecule has 2 aromatic rings. The maximum atomic E-state index is 13.0. The van der Waals surface area contributed by atoms with Gasteiger partial charge >= 0.3 is 6.03 Å². The van der Waals surface area contributed by atoms with Crippen LogP contribution in [0.3, 0.4) is 0 Å². The Balaban J connectivity index is 1.83. The molecule has 0 aromatic heterocycles. The number of nitrogens with zero attached hydrogens (tertiary/aromatic N) is 1. The Morgan fingerprint density at radius 2 is 1.74 bits per heavy atom. The van der Waals surface area contributed by atoms with Gasteiger partial charge in [0.2, 0.25) is 5.75 Å². The van der Waals surface area contributed by atoms with E-state index in [0.717, 1.165) is 19.4 Å². The summed E-state index contributed by atoms with van der Waals surface area (Å²) in [4.78, 5) is 14.9. The minimum Gasteiger partial charge on any atom is -0.493 e. The van der Waals surface area contributed by atoms with Crippen molar-refractivity contribution in [1.29, 1.82) is 0 Å². The van der Waals surface area contributed by atoms with E-state index >= 15 is 0 Å². The molecule has 1 fully saturated rings. The molecule has 1 saturated heterocycles. The van der Waals surface area contributed by atoms with Crippen molar-refractivity contribution in [3.8, 4) is 17.2 Å². The molecule has 27 heavy (non-hydrogen) atoms. The van der Waals surface area contributed by atoms with Gasteiger partial charge in [0.05, 0.1) is 33.1 Å². The summed E-state index contributed by atoms with van der Waals surface area (Å²) in [5, 5.41) is 2.98. The van der Waals surface area contributed by atoms with E-state index in [1.807, 2.05) is 17.0 Å². The largest absolute Gasteiger partial charge is 0.493 e. The van der Waals surface area contributed by atoms with Gasteiger partial charge in [-0.25, -0.2) is 4.79 Å². The van der Waals surface area contributed by atoms with E-state index in [9.17, 15) is 4.79 Å². The van der Waals surface area contributed by atoms with Crippen LogP contribution in [0.4, 0.5) is 10.5 Å². The maximum Gasteiger partial charge on any atom is 0.322 e. The second kappa shape index (κ2) is 8.20. The van der Waals surface area contributed by atoms with Crippen molar-refractivity contribution in [1.82, 2.24) is 4.90 Å². The highest BCUT2D eigenvalue weighted by atomic mass is 16.5. The van der Waals surface area contributed by atoms with E-state index in [-0.39, 0.29) is 12.1 Å². The van der Waals surface area contributed by atoms with Gasteiger partial charge < -0.3 is 24.4 Å². The van der Waals surface area contributed by atoms with Crippen molar-refractivity contribution in [3.63, 3.8) is 0 Å². The number of aryl methyl sites for hydroxylation is 1. The lowest BCUT2D eigenvalue weighted by atomic mass is 9.99. The molecule has 1 atom stereocenters. The molecule has 0 bridgehead atoms. The molecule has 2 aromatic carbocycles. The molecule has 1 aliphatic rings. The number of anilines is 1. The third kappa shape index (κ3) is 3.79. The van der Waals surface area contributed by atoms with Crippen LogP contribution in [0.2, 0.25) is 0 Å². The van der Waals surface area contributed by atoms with Crippen LogP contribution < -0.4 is 19.5 Å². The number of benzene rings is 2. The molecule has 1 N–H and O–H groups in total. The van der Waals surface area contributed by atoms with E-state index in [0.29, 0.717) is 22.9 Å². The van der Waals surface area contributed by atoms with E-state index in [4.69, 9.17) is 14.2 Å². The fraction of sp³-hybridized carbons (Fsp3) is 0.381. The highest BCUT2D eigenvalue weighted by Gasteiger charge is 2.31. The number of nitrogens with one attached hydrogen (secondary N) is 1. The van der Waals surface area contributed by atoms with Gasteiger partial charge in [-0.15, -0.1) is 0 Å². The molecular weight excluding hydrogens is 344 g/mol. The molecule has 6 nitrogen and oxygen atoms in total. The number of likely N-dealkylation sites (tertiary alicyclic amines) is 1. The first-order valence-electron chi connectivity index (χ1n) is 9.02. The van der Waals surface area contributed by atoms with Crippen LogP contribution >= 0.6 is 0 Å². The molecule has 144 valence electrons. The highest BCUT2D eigenvalue weighted by Crippen LogP contribution is 2.40. The Bertz CT molecular complexity index is 797. The predicted octanol–water partition coefficient (Wildman–Crippen LogP) is 4.39. The van der Waals surface area contributed by atoms with Crippen LogP contribution in [-0.4, -0.2) is 38.8 Å². The second-order valence-corrected chi connectivity index (χ2v) is 6.55. The molecule has 1 aliphatic heterocycles. The average Bonchev–Trinajstić information content (AvgIpc) is 3.17.